The number of nitrogens with one attached hydrogen (secondary N) is 1. The first-order chi connectivity index (χ1) is 12.4. The van der Waals surface area contributed by atoms with E-state index in [4.69, 9.17) is 0 Å². The van der Waals surface area contributed by atoms with Crippen LogP contribution in [0.3, 0.4) is 0 Å². The van der Waals surface area contributed by atoms with Gasteiger partial charge in [0.2, 0.25) is 5.91 Å². The number of para-hydroxylation sites is 1. The number of nitrogens with zero attached hydrogens (tertiary/aromatic N) is 3. The normalized spacial score (nSPS) is 14.3. The quantitative estimate of drug-likeness (QED) is 0.718. The fourth-order valence-corrected chi connectivity index (χ4v) is 3.87. The number of carbonyl (C=O) groups is 1. The van der Waals surface area contributed by atoms with E-state index < -0.39 is 0 Å². The Morgan fingerprint density at radius 3 is 2.35 bits per heavy atom. The zero-order valence-electron chi connectivity index (χ0n) is 16.2. The molecule has 0 unspecified atom stereocenters. The zero-order chi connectivity index (χ0) is 18.8. The van der Waals surface area contributed by atoms with Gasteiger partial charge < -0.3 is 9.88 Å². The summed E-state index contributed by atoms with van der Waals surface area (Å²) in [4.78, 5) is 12.6. The highest BCUT2D eigenvalue weighted by molar-refractivity contribution is 7.99. The van der Waals surface area contributed by atoms with Crippen LogP contribution in [0.2, 0.25) is 0 Å². The average Bonchev–Trinajstić information content (AvgIpc) is 3.36. The molecule has 1 saturated carbocycles. The van der Waals surface area contributed by atoms with E-state index >= 15 is 0 Å². The van der Waals surface area contributed by atoms with E-state index in [-0.39, 0.29) is 5.91 Å². The molecule has 1 aliphatic carbocycles. The fraction of sp³-hybridized carbons (Fsp3) is 0.550. The third-order valence-corrected chi connectivity index (χ3v) is 5.80. The molecule has 0 atom stereocenters. The highest BCUT2D eigenvalue weighted by Gasteiger charge is 2.29. The second-order valence-electron chi connectivity index (χ2n) is 7.63. The molecule has 140 valence electrons. The maximum atomic E-state index is 12.6. The van der Waals surface area contributed by atoms with Crippen molar-refractivity contribution in [1.82, 2.24) is 14.8 Å². The van der Waals surface area contributed by atoms with Crippen LogP contribution in [0, 0.1) is 0 Å². The zero-order valence-corrected chi connectivity index (χ0v) is 17.1. The van der Waals surface area contributed by atoms with Crippen LogP contribution in [0.1, 0.15) is 75.2 Å². The number of anilines is 1. The predicted molar refractivity (Wildman–Crippen MR) is 107 cm³/mol. The molecule has 1 fully saturated rings. The van der Waals surface area contributed by atoms with Gasteiger partial charge in [-0.15, -0.1) is 10.2 Å². The number of hydrogen-bond acceptors (Lipinski definition) is 4. The maximum absolute atomic E-state index is 12.6. The van der Waals surface area contributed by atoms with Crippen LogP contribution in [0.5, 0.6) is 0 Å². The topological polar surface area (TPSA) is 59.8 Å². The van der Waals surface area contributed by atoms with Crippen LogP contribution in [0.15, 0.2) is 23.4 Å². The molecule has 26 heavy (non-hydrogen) atoms. The van der Waals surface area contributed by atoms with Gasteiger partial charge >= 0.3 is 0 Å². The molecule has 1 amide bonds. The lowest BCUT2D eigenvalue weighted by Crippen LogP contribution is -2.18. The summed E-state index contributed by atoms with van der Waals surface area (Å²) in [6.07, 6.45) is 2.39. The van der Waals surface area contributed by atoms with Crippen LogP contribution in [0.25, 0.3) is 0 Å². The van der Waals surface area contributed by atoms with Gasteiger partial charge in [0.05, 0.1) is 5.75 Å². The number of carbonyl (C=O) groups excluding carboxylic acids is 1. The first kappa shape index (κ1) is 19.0. The van der Waals surface area contributed by atoms with Crippen molar-refractivity contribution in [2.45, 2.75) is 63.4 Å². The monoisotopic (exact) mass is 372 g/mol. The Balaban J connectivity index is 1.70. The Hall–Kier alpha value is -1.82. The molecular weight excluding hydrogens is 344 g/mol. The van der Waals surface area contributed by atoms with Crippen LogP contribution >= 0.6 is 11.8 Å². The molecular formula is C20H28N4OS. The molecule has 6 heteroatoms. The van der Waals surface area contributed by atoms with E-state index in [1.54, 1.807) is 0 Å². The highest BCUT2D eigenvalue weighted by Crippen LogP contribution is 2.39. The van der Waals surface area contributed by atoms with Crippen molar-refractivity contribution in [3.05, 3.63) is 35.2 Å². The Morgan fingerprint density at radius 2 is 1.81 bits per heavy atom. The van der Waals surface area contributed by atoms with Gasteiger partial charge in [-0.3, -0.25) is 4.79 Å². The van der Waals surface area contributed by atoms with Gasteiger partial charge in [0.15, 0.2) is 5.16 Å². The predicted octanol–water partition coefficient (Wildman–Crippen LogP) is 4.67. The maximum Gasteiger partial charge on any atom is 0.234 e. The number of amides is 1. The third kappa shape index (κ3) is 4.11. The second-order valence-corrected chi connectivity index (χ2v) is 8.57. The minimum absolute atomic E-state index is 0.000900. The lowest BCUT2D eigenvalue weighted by molar-refractivity contribution is -0.113. The summed E-state index contributed by atoms with van der Waals surface area (Å²) in [6, 6.07) is 6.28. The van der Waals surface area contributed by atoms with Crippen LogP contribution in [0.4, 0.5) is 5.69 Å². The Morgan fingerprint density at radius 1 is 1.19 bits per heavy atom. The van der Waals surface area contributed by atoms with E-state index in [2.05, 4.69) is 61.4 Å². The molecule has 0 saturated heterocycles. The molecule has 1 aromatic heterocycles. The molecule has 5 nitrogen and oxygen atoms in total. The van der Waals surface area contributed by atoms with Crippen molar-refractivity contribution in [2.24, 2.45) is 7.05 Å². The van der Waals surface area contributed by atoms with E-state index in [9.17, 15) is 4.79 Å². The molecule has 3 rings (SSSR count). The SMILES string of the molecule is CC(C)c1cccc(C(C)C)c1NC(=O)CSc1nnc(C2CC2)n1C. The van der Waals surface area contributed by atoms with Crippen molar-refractivity contribution in [1.29, 1.82) is 0 Å². The van der Waals surface area contributed by atoms with Gasteiger partial charge in [-0.2, -0.15) is 0 Å². The Bertz CT molecular complexity index is 767. The largest absolute Gasteiger partial charge is 0.325 e. The van der Waals surface area contributed by atoms with E-state index in [1.165, 1.54) is 35.7 Å². The molecule has 1 N–H and O–H groups in total. The van der Waals surface area contributed by atoms with Crippen LogP contribution in [-0.2, 0) is 11.8 Å². The molecule has 1 heterocycles. The van der Waals surface area contributed by atoms with Gasteiger partial charge in [0, 0.05) is 18.7 Å². The van der Waals surface area contributed by atoms with Crippen LogP contribution < -0.4 is 5.32 Å². The summed E-state index contributed by atoms with van der Waals surface area (Å²) >= 11 is 1.45. The third-order valence-electron chi connectivity index (χ3n) is 4.78. The second kappa shape index (κ2) is 7.82. The molecule has 0 aliphatic heterocycles. The summed E-state index contributed by atoms with van der Waals surface area (Å²) in [6.45, 7) is 8.62. The first-order valence-corrected chi connectivity index (χ1v) is 10.3. The Kier molecular flexibility index (Phi) is 5.70. The first-order valence-electron chi connectivity index (χ1n) is 9.33. The smallest absolute Gasteiger partial charge is 0.234 e. The van der Waals surface area contributed by atoms with Crippen molar-refractivity contribution >= 4 is 23.4 Å². The number of benzene rings is 1. The van der Waals surface area contributed by atoms with Gasteiger partial charge in [-0.05, 0) is 35.8 Å². The van der Waals surface area contributed by atoms with Crippen molar-refractivity contribution < 1.29 is 4.79 Å². The van der Waals surface area contributed by atoms with Gasteiger partial charge in [0.25, 0.3) is 0 Å². The van der Waals surface area contributed by atoms with Gasteiger partial charge in [-0.1, -0.05) is 57.7 Å². The van der Waals surface area contributed by atoms with Gasteiger partial charge in [-0.25, -0.2) is 0 Å². The fourth-order valence-electron chi connectivity index (χ4n) is 3.15. The molecule has 0 radical (unpaired) electrons. The van der Waals surface area contributed by atoms with Gasteiger partial charge in [0.1, 0.15) is 5.82 Å². The van der Waals surface area contributed by atoms with E-state index in [1.807, 2.05) is 11.6 Å². The number of hydrogen-bond donors (Lipinski definition) is 1. The minimum Gasteiger partial charge on any atom is -0.325 e. The lowest BCUT2D eigenvalue weighted by Gasteiger charge is -2.20. The van der Waals surface area contributed by atoms with Crippen molar-refractivity contribution in [3.8, 4) is 0 Å². The Labute approximate surface area is 160 Å². The molecule has 0 bridgehead atoms. The number of aromatic nitrogens is 3. The minimum atomic E-state index is 0.000900. The van der Waals surface area contributed by atoms with E-state index in [0.717, 1.165) is 16.7 Å². The number of thioether (sulfide) groups is 1. The number of rotatable bonds is 7. The molecule has 1 aromatic carbocycles. The average molecular weight is 373 g/mol. The molecule has 2 aromatic rings. The molecule has 0 spiro atoms. The summed E-state index contributed by atoms with van der Waals surface area (Å²) in [5.74, 6) is 2.65. The highest BCUT2D eigenvalue weighted by atomic mass is 32.2. The van der Waals surface area contributed by atoms with Crippen molar-refractivity contribution in [3.63, 3.8) is 0 Å². The summed E-state index contributed by atoms with van der Waals surface area (Å²) < 4.78 is 2.03. The lowest BCUT2D eigenvalue weighted by atomic mass is 9.92. The summed E-state index contributed by atoms with van der Waals surface area (Å²) in [5.41, 5.74) is 3.34. The van der Waals surface area contributed by atoms with Crippen LogP contribution in [-0.4, -0.2) is 26.4 Å². The summed E-state index contributed by atoms with van der Waals surface area (Å²) in [5, 5.41) is 12.5. The standard InChI is InChI=1S/C20H28N4OS/c1-12(2)15-7-6-8-16(13(3)4)18(15)21-17(25)11-26-20-23-22-19(24(20)5)14-9-10-14/h6-8,12-14H,9-11H2,1-5H3,(H,21,25). The molecule has 1 aliphatic rings. The summed E-state index contributed by atoms with van der Waals surface area (Å²) in [7, 11) is 1.98. The van der Waals surface area contributed by atoms with E-state index in [0.29, 0.717) is 23.5 Å². The van der Waals surface area contributed by atoms with Crippen molar-refractivity contribution in [2.75, 3.05) is 11.1 Å².